The van der Waals surface area contributed by atoms with Crippen LogP contribution in [0.15, 0.2) is 24.3 Å². The van der Waals surface area contributed by atoms with Crippen molar-refractivity contribution < 1.29 is 13.2 Å². The lowest BCUT2D eigenvalue weighted by Gasteiger charge is -2.09. The number of hydrogen-bond acceptors (Lipinski definition) is 2. The monoisotopic (exact) mass is 241 g/mol. The van der Waals surface area contributed by atoms with Crippen LogP contribution in [0.5, 0.6) is 0 Å². The summed E-state index contributed by atoms with van der Waals surface area (Å²) in [4.78, 5) is 0. The van der Waals surface area contributed by atoms with Crippen LogP contribution in [0.3, 0.4) is 0 Å². The minimum absolute atomic E-state index is 0.0653. The maximum atomic E-state index is 12.6. The van der Waals surface area contributed by atoms with Gasteiger partial charge in [0.1, 0.15) is 0 Å². The summed E-state index contributed by atoms with van der Waals surface area (Å²) in [5.41, 5.74) is 6.32. The van der Waals surface area contributed by atoms with Gasteiger partial charge < -0.3 is 5.73 Å². The molecule has 1 heterocycles. The number of aromatic nitrogens is 2. The summed E-state index contributed by atoms with van der Waals surface area (Å²) in [7, 11) is 0. The first kappa shape index (κ1) is 11.5. The Kier molecular flexibility index (Phi) is 2.57. The number of rotatable bonds is 1. The Morgan fingerprint density at radius 2 is 1.88 bits per heavy atom. The lowest BCUT2D eigenvalue weighted by atomic mass is 10.1. The number of H-pyrrole nitrogens is 1. The molecular formula is C11H10F3N3. The average Bonchev–Trinajstić information content (AvgIpc) is 2.62. The number of nitrogen functional groups attached to an aromatic ring is 1. The third-order valence-corrected chi connectivity index (χ3v) is 2.28. The zero-order chi connectivity index (χ0) is 12.6. The predicted octanol–water partition coefficient (Wildman–Crippen LogP) is 2.99. The van der Waals surface area contributed by atoms with Gasteiger partial charge in [0.2, 0.25) is 0 Å². The smallest absolute Gasteiger partial charge is 0.399 e. The predicted molar refractivity (Wildman–Crippen MR) is 58.2 cm³/mol. The van der Waals surface area contributed by atoms with E-state index >= 15 is 0 Å². The van der Waals surface area contributed by atoms with Crippen molar-refractivity contribution >= 4 is 5.69 Å². The molecule has 17 heavy (non-hydrogen) atoms. The van der Waals surface area contributed by atoms with E-state index in [4.69, 9.17) is 5.73 Å². The number of nitrogens with one attached hydrogen (secondary N) is 1. The molecule has 3 N–H and O–H groups in total. The summed E-state index contributed by atoms with van der Waals surface area (Å²) in [5.74, 6) is 0. The topological polar surface area (TPSA) is 54.7 Å². The number of halogens is 3. The van der Waals surface area contributed by atoms with Crippen LogP contribution in [0.25, 0.3) is 11.3 Å². The molecule has 2 rings (SSSR count). The quantitative estimate of drug-likeness (QED) is 0.754. The normalized spacial score (nSPS) is 11.8. The van der Waals surface area contributed by atoms with Crippen molar-refractivity contribution in [1.82, 2.24) is 10.2 Å². The van der Waals surface area contributed by atoms with Gasteiger partial charge in [-0.15, -0.1) is 0 Å². The molecule has 0 radical (unpaired) electrons. The number of nitrogens with two attached hydrogens (primary N) is 1. The Labute approximate surface area is 95.5 Å². The van der Waals surface area contributed by atoms with Gasteiger partial charge in [-0.2, -0.15) is 18.3 Å². The molecule has 0 saturated heterocycles. The molecule has 0 saturated carbocycles. The summed E-state index contributed by atoms with van der Waals surface area (Å²) in [5, 5.41) is 6.58. The molecule has 0 fully saturated rings. The fraction of sp³-hybridized carbons (Fsp3) is 0.182. The lowest BCUT2D eigenvalue weighted by molar-refractivity contribution is -0.137. The first-order valence-electron chi connectivity index (χ1n) is 4.86. The van der Waals surface area contributed by atoms with E-state index in [2.05, 4.69) is 10.2 Å². The molecule has 0 aliphatic carbocycles. The Morgan fingerprint density at radius 1 is 1.18 bits per heavy atom. The maximum Gasteiger partial charge on any atom is 0.416 e. The van der Waals surface area contributed by atoms with Crippen molar-refractivity contribution in [3.63, 3.8) is 0 Å². The summed E-state index contributed by atoms with van der Waals surface area (Å²) < 4.78 is 37.8. The Hall–Kier alpha value is -1.98. The van der Waals surface area contributed by atoms with Crippen LogP contribution in [0.2, 0.25) is 0 Å². The van der Waals surface area contributed by atoms with Crippen molar-refractivity contribution in [3.8, 4) is 11.3 Å². The van der Waals surface area contributed by atoms with Gasteiger partial charge in [0.15, 0.2) is 0 Å². The molecule has 0 amide bonds. The van der Waals surface area contributed by atoms with Crippen molar-refractivity contribution in [1.29, 1.82) is 0 Å². The third kappa shape index (κ3) is 2.41. The highest BCUT2D eigenvalue weighted by Gasteiger charge is 2.31. The van der Waals surface area contributed by atoms with Crippen LogP contribution in [-0.2, 0) is 6.18 Å². The van der Waals surface area contributed by atoms with Crippen LogP contribution in [0, 0.1) is 6.92 Å². The van der Waals surface area contributed by atoms with Gasteiger partial charge in [-0.25, -0.2) is 0 Å². The van der Waals surface area contributed by atoms with Crippen molar-refractivity contribution in [2.24, 2.45) is 0 Å². The van der Waals surface area contributed by atoms with Gasteiger partial charge in [0.05, 0.1) is 11.3 Å². The largest absolute Gasteiger partial charge is 0.416 e. The van der Waals surface area contributed by atoms with E-state index < -0.39 is 11.7 Å². The van der Waals surface area contributed by atoms with Gasteiger partial charge in [-0.05, 0) is 31.2 Å². The highest BCUT2D eigenvalue weighted by Crippen LogP contribution is 2.33. The molecule has 2 aromatic rings. The van der Waals surface area contributed by atoms with Gasteiger partial charge in [-0.1, -0.05) is 0 Å². The summed E-state index contributed by atoms with van der Waals surface area (Å²) in [6.07, 6.45) is -4.41. The van der Waals surface area contributed by atoms with E-state index in [0.717, 1.165) is 17.8 Å². The van der Waals surface area contributed by atoms with Gasteiger partial charge in [-0.3, -0.25) is 5.10 Å². The number of aromatic amines is 1. The summed E-state index contributed by atoms with van der Waals surface area (Å²) in [6, 6.07) is 5.06. The molecule has 0 aliphatic rings. The number of benzene rings is 1. The minimum atomic E-state index is -4.41. The molecule has 6 heteroatoms. The van der Waals surface area contributed by atoms with E-state index in [0.29, 0.717) is 11.3 Å². The second kappa shape index (κ2) is 3.80. The van der Waals surface area contributed by atoms with Gasteiger partial charge >= 0.3 is 6.18 Å². The van der Waals surface area contributed by atoms with Crippen molar-refractivity contribution in [3.05, 3.63) is 35.5 Å². The lowest BCUT2D eigenvalue weighted by Crippen LogP contribution is -2.06. The number of alkyl halides is 3. The highest BCUT2D eigenvalue weighted by molar-refractivity contribution is 5.66. The molecule has 1 aromatic heterocycles. The molecule has 1 aromatic carbocycles. The molecule has 0 unspecified atom stereocenters. The maximum absolute atomic E-state index is 12.6. The molecule has 90 valence electrons. The Bertz CT molecular complexity index is 543. The molecule has 3 nitrogen and oxygen atoms in total. The van der Waals surface area contributed by atoms with Gasteiger partial charge in [0.25, 0.3) is 0 Å². The second-order valence-electron chi connectivity index (χ2n) is 3.78. The van der Waals surface area contributed by atoms with Crippen LogP contribution < -0.4 is 5.73 Å². The zero-order valence-corrected chi connectivity index (χ0v) is 8.97. The number of anilines is 1. The number of hydrogen-bond donors (Lipinski definition) is 2. The Morgan fingerprint density at radius 3 is 2.41 bits per heavy atom. The molecule has 0 atom stereocenters. The first-order chi connectivity index (χ1) is 7.86. The van der Waals surface area contributed by atoms with E-state index in [1.54, 1.807) is 13.0 Å². The number of aryl methyl sites for hydroxylation is 1. The van der Waals surface area contributed by atoms with E-state index in [1.165, 1.54) is 6.07 Å². The first-order valence-corrected chi connectivity index (χ1v) is 4.86. The fourth-order valence-corrected chi connectivity index (χ4v) is 1.53. The minimum Gasteiger partial charge on any atom is -0.399 e. The van der Waals surface area contributed by atoms with Crippen molar-refractivity contribution in [2.75, 3.05) is 5.73 Å². The molecule has 0 spiro atoms. The third-order valence-electron chi connectivity index (χ3n) is 2.28. The summed E-state index contributed by atoms with van der Waals surface area (Å²) in [6.45, 7) is 1.77. The van der Waals surface area contributed by atoms with E-state index in [1.807, 2.05) is 0 Å². The molecule has 0 bridgehead atoms. The van der Waals surface area contributed by atoms with Gasteiger partial charge in [0, 0.05) is 16.9 Å². The fourth-order valence-electron chi connectivity index (χ4n) is 1.53. The molecule has 0 aliphatic heterocycles. The SMILES string of the molecule is Cc1cc(-c2cc(N)cc(C(F)(F)F)c2)n[nH]1. The van der Waals surface area contributed by atoms with Crippen LogP contribution >= 0.6 is 0 Å². The number of nitrogens with zero attached hydrogens (tertiary/aromatic N) is 1. The standard InChI is InChI=1S/C11H10F3N3/c1-6-2-10(17-16-6)7-3-8(11(12,13)14)5-9(15)4-7/h2-5H,15H2,1H3,(H,16,17). The zero-order valence-electron chi connectivity index (χ0n) is 8.97. The average molecular weight is 241 g/mol. The van der Waals surface area contributed by atoms with Crippen LogP contribution in [-0.4, -0.2) is 10.2 Å². The Balaban J connectivity index is 2.52. The second-order valence-corrected chi connectivity index (χ2v) is 3.78. The van der Waals surface area contributed by atoms with Crippen LogP contribution in [0.4, 0.5) is 18.9 Å². The highest BCUT2D eigenvalue weighted by atomic mass is 19.4. The van der Waals surface area contributed by atoms with E-state index in [9.17, 15) is 13.2 Å². The summed E-state index contributed by atoms with van der Waals surface area (Å²) >= 11 is 0. The van der Waals surface area contributed by atoms with E-state index in [-0.39, 0.29) is 5.69 Å². The van der Waals surface area contributed by atoms with Crippen LogP contribution in [0.1, 0.15) is 11.3 Å². The van der Waals surface area contributed by atoms with Crippen molar-refractivity contribution in [2.45, 2.75) is 13.1 Å². The molecular weight excluding hydrogens is 231 g/mol.